The highest BCUT2D eigenvalue weighted by Crippen LogP contribution is 2.14. The quantitative estimate of drug-likeness (QED) is 0.742. The maximum Gasteiger partial charge on any atom is 0.234 e. The molecular formula is C18H25N5O2S. The van der Waals surface area contributed by atoms with E-state index >= 15 is 0 Å². The van der Waals surface area contributed by atoms with Crippen LogP contribution in [0.1, 0.15) is 17.7 Å². The van der Waals surface area contributed by atoms with Crippen LogP contribution in [-0.4, -0.2) is 69.6 Å². The van der Waals surface area contributed by atoms with Crippen molar-refractivity contribution in [3.63, 3.8) is 0 Å². The fourth-order valence-corrected chi connectivity index (χ4v) is 3.76. The number of carbonyl (C=O) groups is 1. The van der Waals surface area contributed by atoms with Crippen molar-refractivity contribution in [3.8, 4) is 0 Å². The van der Waals surface area contributed by atoms with Gasteiger partial charge in [0.2, 0.25) is 5.91 Å². The van der Waals surface area contributed by atoms with E-state index in [1.165, 1.54) is 0 Å². The molecule has 26 heavy (non-hydrogen) atoms. The number of β-amino-alcohol motifs (C(OH)–C–C–N with tert-alkyl or cyclic N) is 1. The van der Waals surface area contributed by atoms with Gasteiger partial charge in [0.25, 0.3) is 0 Å². The molecular weight excluding hydrogens is 350 g/mol. The number of hydrogen-bond acceptors (Lipinski definition) is 7. The fourth-order valence-electron chi connectivity index (χ4n) is 3.21. The fraction of sp³-hybridized carbons (Fsp3) is 0.500. The number of aromatic nitrogens is 2. The van der Waals surface area contributed by atoms with E-state index in [-0.39, 0.29) is 11.9 Å². The van der Waals surface area contributed by atoms with Crippen LogP contribution < -0.4 is 5.32 Å². The van der Waals surface area contributed by atoms with Crippen LogP contribution in [0.3, 0.4) is 0 Å². The van der Waals surface area contributed by atoms with E-state index in [9.17, 15) is 9.90 Å². The van der Waals surface area contributed by atoms with Gasteiger partial charge in [0.05, 0.1) is 29.9 Å². The van der Waals surface area contributed by atoms with Crippen LogP contribution in [0.25, 0.3) is 0 Å². The largest absolute Gasteiger partial charge is 0.390 e. The molecule has 1 fully saturated rings. The minimum absolute atomic E-state index is 0.0617. The average Bonchev–Trinajstić information content (AvgIpc) is 3.11. The second kappa shape index (κ2) is 9.18. The Kier molecular flexibility index (Phi) is 6.67. The Bertz CT molecular complexity index is 682. The number of aliphatic hydroxyl groups excluding tert-OH is 1. The number of nitrogens with zero attached hydrogens (tertiary/aromatic N) is 4. The number of likely N-dealkylation sites (N-methyl/N-ethyl adjacent to an activating group) is 1. The van der Waals surface area contributed by atoms with Crippen LogP contribution in [0, 0.1) is 0 Å². The van der Waals surface area contributed by atoms with E-state index in [1.807, 2.05) is 35.0 Å². The lowest BCUT2D eigenvalue weighted by Gasteiger charge is -2.36. The Balaban J connectivity index is 1.41. The third kappa shape index (κ3) is 5.57. The van der Waals surface area contributed by atoms with Gasteiger partial charge in [-0.05, 0) is 25.1 Å². The highest BCUT2D eigenvalue weighted by atomic mass is 32.1. The Morgan fingerprint density at radius 1 is 1.54 bits per heavy atom. The lowest BCUT2D eigenvalue weighted by Crippen LogP contribution is -2.55. The predicted octanol–water partition coefficient (Wildman–Crippen LogP) is 0.722. The van der Waals surface area contributed by atoms with E-state index in [0.29, 0.717) is 19.6 Å². The molecule has 1 aliphatic heterocycles. The normalized spacial score (nSPS) is 21.0. The van der Waals surface area contributed by atoms with Crippen molar-refractivity contribution in [3.05, 3.63) is 46.7 Å². The summed E-state index contributed by atoms with van der Waals surface area (Å²) in [6.45, 7) is 3.09. The Labute approximate surface area is 157 Å². The molecule has 0 saturated carbocycles. The number of rotatable bonds is 7. The number of nitrogens with one attached hydrogen (secondary N) is 1. The van der Waals surface area contributed by atoms with E-state index in [4.69, 9.17) is 0 Å². The molecule has 2 aromatic rings. The zero-order valence-corrected chi connectivity index (χ0v) is 15.7. The standard InChI is InChI=1S/C18H25N5O2S/c1-22(8-14-3-2-5-19-7-14)11-18(25)21-16-4-6-23(10-17(16)24)9-15-12-26-13-20-15/h2-3,5,7,12-13,16-17,24H,4,6,8-11H2,1H3,(H,21,25)/t16-,17-/m1/s1. The topological polar surface area (TPSA) is 81.6 Å². The third-order valence-electron chi connectivity index (χ3n) is 4.47. The molecule has 0 bridgehead atoms. The molecule has 2 N–H and O–H groups in total. The van der Waals surface area contributed by atoms with Crippen LogP contribution in [0.5, 0.6) is 0 Å². The number of amides is 1. The number of carbonyl (C=O) groups excluding carboxylic acids is 1. The number of piperidine rings is 1. The van der Waals surface area contributed by atoms with Crippen molar-refractivity contribution in [1.82, 2.24) is 25.1 Å². The van der Waals surface area contributed by atoms with Crippen molar-refractivity contribution < 1.29 is 9.90 Å². The Morgan fingerprint density at radius 3 is 3.12 bits per heavy atom. The summed E-state index contributed by atoms with van der Waals surface area (Å²) in [6.07, 6.45) is 3.72. The van der Waals surface area contributed by atoms with Crippen LogP contribution in [-0.2, 0) is 17.9 Å². The van der Waals surface area contributed by atoms with Gasteiger partial charge in [-0.15, -0.1) is 11.3 Å². The Hall–Kier alpha value is -1.87. The molecule has 2 atom stereocenters. The van der Waals surface area contributed by atoms with Gasteiger partial charge in [-0.25, -0.2) is 4.98 Å². The second-order valence-electron chi connectivity index (χ2n) is 6.78. The van der Waals surface area contributed by atoms with Crippen molar-refractivity contribution >= 4 is 17.2 Å². The number of pyridine rings is 1. The molecule has 0 unspecified atom stereocenters. The van der Waals surface area contributed by atoms with Crippen molar-refractivity contribution in [2.24, 2.45) is 0 Å². The zero-order valence-electron chi connectivity index (χ0n) is 14.9. The zero-order chi connectivity index (χ0) is 18.4. The summed E-state index contributed by atoms with van der Waals surface area (Å²) in [7, 11) is 1.90. The molecule has 1 amide bonds. The molecule has 1 aliphatic rings. The van der Waals surface area contributed by atoms with Crippen molar-refractivity contribution in [1.29, 1.82) is 0 Å². The molecule has 8 heteroatoms. The van der Waals surface area contributed by atoms with Crippen LogP contribution in [0.4, 0.5) is 0 Å². The first-order chi connectivity index (χ1) is 12.6. The maximum absolute atomic E-state index is 12.3. The summed E-state index contributed by atoms with van der Waals surface area (Å²) in [4.78, 5) is 24.8. The first kappa shape index (κ1) is 18.9. The van der Waals surface area contributed by atoms with Crippen LogP contribution in [0.2, 0.25) is 0 Å². The number of thiazole rings is 1. The second-order valence-corrected chi connectivity index (χ2v) is 7.50. The number of likely N-dealkylation sites (tertiary alicyclic amines) is 1. The summed E-state index contributed by atoms with van der Waals surface area (Å²) < 4.78 is 0. The summed E-state index contributed by atoms with van der Waals surface area (Å²) in [5.74, 6) is -0.0617. The van der Waals surface area contributed by atoms with Gasteiger partial charge >= 0.3 is 0 Å². The summed E-state index contributed by atoms with van der Waals surface area (Å²) in [5.41, 5.74) is 3.92. The number of aliphatic hydroxyl groups is 1. The molecule has 140 valence electrons. The first-order valence-electron chi connectivity index (χ1n) is 8.74. The monoisotopic (exact) mass is 375 g/mol. The van der Waals surface area contributed by atoms with Gasteiger partial charge in [0, 0.05) is 44.0 Å². The predicted molar refractivity (Wildman–Crippen MR) is 101 cm³/mol. The van der Waals surface area contributed by atoms with Crippen molar-refractivity contribution in [2.75, 3.05) is 26.7 Å². The first-order valence-corrected chi connectivity index (χ1v) is 9.68. The lowest BCUT2D eigenvalue weighted by molar-refractivity contribution is -0.124. The smallest absolute Gasteiger partial charge is 0.234 e. The van der Waals surface area contributed by atoms with Gasteiger partial charge in [-0.3, -0.25) is 19.6 Å². The molecule has 3 rings (SSSR count). The molecule has 2 aromatic heterocycles. The highest BCUT2D eigenvalue weighted by molar-refractivity contribution is 7.07. The minimum Gasteiger partial charge on any atom is -0.390 e. The van der Waals surface area contributed by atoms with Gasteiger partial charge in [0.15, 0.2) is 0 Å². The van der Waals surface area contributed by atoms with Gasteiger partial charge in [0.1, 0.15) is 0 Å². The molecule has 3 heterocycles. The molecule has 0 radical (unpaired) electrons. The maximum atomic E-state index is 12.3. The highest BCUT2D eigenvalue weighted by Gasteiger charge is 2.29. The summed E-state index contributed by atoms with van der Waals surface area (Å²) >= 11 is 1.58. The SMILES string of the molecule is CN(CC(=O)N[C@@H]1CCN(Cc2cscn2)C[C@H]1O)Cc1cccnc1. The summed E-state index contributed by atoms with van der Waals surface area (Å²) in [5, 5.41) is 15.4. The molecule has 1 saturated heterocycles. The molecule has 7 nitrogen and oxygen atoms in total. The Morgan fingerprint density at radius 2 is 2.42 bits per heavy atom. The van der Waals surface area contributed by atoms with E-state index in [2.05, 4.69) is 20.2 Å². The molecule has 0 spiro atoms. The van der Waals surface area contributed by atoms with Crippen LogP contribution in [0.15, 0.2) is 35.4 Å². The van der Waals surface area contributed by atoms with E-state index in [1.54, 1.807) is 23.7 Å². The average molecular weight is 375 g/mol. The van der Waals surface area contributed by atoms with Gasteiger partial charge in [-0.2, -0.15) is 0 Å². The van der Waals surface area contributed by atoms with E-state index < -0.39 is 6.10 Å². The third-order valence-corrected chi connectivity index (χ3v) is 5.11. The minimum atomic E-state index is -0.560. The number of hydrogen-bond donors (Lipinski definition) is 2. The lowest BCUT2D eigenvalue weighted by atomic mass is 10.0. The molecule has 0 aliphatic carbocycles. The van der Waals surface area contributed by atoms with Crippen molar-refractivity contribution in [2.45, 2.75) is 31.7 Å². The summed E-state index contributed by atoms with van der Waals surface area (Å²) in [6, 6.07) is 3.68. The van der Waals surface area contributed by atoms with Gasteiger partial charge < -0.3 is 10.4 Å². The van der Waals surface area contributed by atoms with Crippen LogP contribution >= 0.6 is 11.3 Å². The van der Waals surface area contributed by atoms with E-state index in [0.717, 1.165) is 30.8 Å². The molecule has 0 aromatic carbocycles. The van der Waals surface area contributed by atoms with Gasteiger partial charge in [-0.1, -0.05) is 6.07 Å².